The topological polar surface area (TPSA) is 127 Å². The van der Waals surface area contributed by atoms with Crippen molar-refractivity contribution >= 4 is 11.9 Å². The van der Waals surface area contributed by atoms with Gasteiger partial charge in [-0.1, -0.05) is 30.3 Å². The summed E-state index contributed by atoms with van der Waals surface area (Å²) >= 11 is 0. The molecule has 2 heterocycles. The van der Waals surface area contributed by atoms with Gasteiger partial charge in [-0.05, 0) is 19.3 Å². The van der Waals surface area contributed by atoms with Crippen molar-refractivity contribution in [2.45, 2.75) is 31.7 Å². The van der Waals surface area contributed by atoms with Gasteiger partial charge in [0.25, 0.3) is 5.56 Å². The summed E-state index contributed by atoms with van der Waals surface area (Å²) in [7, 11) is 0. The molecule has 4 rings (SSSR count). The van der Waals surface area contributed by atoms with Crippen molar-refractivity contribution in [1.82, 2.24) is 25.3 Å². The Balaban J connectivity index is 1.51. The Morgan fingerprint density at radius 3 is 2.86 bits per heavy atom. The zero-order valence-corrected chi connectivity index (χ0v) is 15.2. The fraction of sp³-hybridized carbons (Fsp3) is 0.250. The minimum atomic E-state index is -0.375. The lowest BCUT2D eigenvalue weighted by Crippen LogP contribution is -2.33. The number of benzene rings is 1. The van der Waals surface area contributed by atoms with E-state index in [1.807, 2.05) is 30.3 Å². The maximum atomic E-state index is 12.5. The molecule has 1 amide bonds. The highest BCUT2D eigenvalue weighted by molar-refractivity contribution is 5.78. The van der Waals surface area contributed by atoms with Crippen LogP contribution in [0.2, 0.25) is 0 Å². The van der Waals surface area contributed by atoms with Crippen molar-refractivity contribution in [2.75, 3.05) is 5.73 Å². The van der Waals surface area contributed by atoms with Gasteiger partial charge in [-0.15, -0.1) is 0 Å². The molecule has 1 atom stereocenters. The van der Waals surface area contributed by atoms with Crippen LogP contribution in [0.25, 0.3) is 11.4 Å². The lowest BCUT2D eigenvalue weighted by Gasteiger charge is -2.25. The molecule has 3 aromatic rings. The molecule has 0 aliphatic heterocycles. The van der Waals surface area contributed by atoms with Gasteiger partial charge in [0.05, 0.1) is 18.2 Å². The summed E-state index contributed by atoms with van der Waals surface area (Å²) in [6.45, 7) is 0. The van der Waals surface area contributed by atoms with Crippen LogP contribution in [0.4, 0.5) is 5.95 Å². The van der Waals surface area contributed by atoms with E-state index in [-0.39, 0.29) is 29.9 Å². The number of nitrogens with zero attached hydrogens (tertiary/aromatic N) is 3. The van der Waals surface area contributed by atoms with Crippen LogP contribution in [0.15, 0.2) is 47.4 Å². The van der Waals surface area contributed by atoms with Gasteiger partial charge in [0.15, 0.2) is 5.82 Å². The summed E-state index contributed by atoms with van der Waals surface area (Å²) < 4.78 is 0. The molecular formula is C20H20N6O2. The predicted molar refractivity (Wildman–Crippen MR) is 104 cm³/mol. The number of amides is 1. The third kappa shape index (κ3) is 3.90. The van der Waals surface area contributed by atoms with Crippen LogP contribution < -0.4 is 16.6 Å². The number of carbonyl (C=O) groups excluding carboxylic acids is 1. The standard InChI is InChI=1S/C20H20N6O2/c21-20-23-13(10-18(28)26-20)9-17(27)24-15-7-4-8-16-14(15)11-22-19(25-16)12-5-2-1-3-6-12/h1-3,5-6,10-11,15H,4,7-9H2,(H,24,27)(H3,21,23,26,28)/t15-/m0/s1. The first kappa shape index (κ1) is 17.8. The number of fused-ring (bicyclic) bond motifs is 1. The van der Waals surface area contributed by atoms with Crippen LogP contribution in [0.5, 0.6) is 0 Å². The lowest BCUT2D eigenvalue weighted by atomic mass is 9.92. The Bertz CT molecular complexity index is 1060. The Morgan fingerprint density at radius 1 is 1.25 bits per heavy atom. The highest BCUT2D eigenvalue weighted by Crippen LogP contribution is 2.29. The van der Waals surface area contributed by atoms with Crippen molar-refractivity contribution in [2.24, 2.45) is 0 Å². The summed E-state index contributed by atoms with van der Waals surface area (Å²) in [4.78, 5) is 39.5. The summed E-state index contributed by atoms with van der Waals surface area (Å²) in [6.07, 6.45) is 4.40. The van der Waals surface area contributed by atoms with Crippen LogP contribution in [0.1, 0.15) is 35.8 Å². The second-order valence-corrected chi connectivity index (χ2v) is 6.77. The molecule has 0 spiro atoms. The van der Waals surface area contributed by atoms with Crippen molar-refractivity contribution in [1.29, 1.82) is 0 Å². The molecule has 1 aromatic carbocycles. The average molecular weight is 376 g/mol. The number of rotatable bonds is 4. The third-order valence-corrected chi connectivity index (χ3v) is 4.70. The number of hydrogen-bond acceptors (Lipinski definition) is 6. The first-order valence-electron chi connectivity index (χ1n) is 9.15. The van der Waals surface area contributed by atoms with E-state index in [0.29, 0.717) is 11.5 Å². The molecule has 0 saturated carbocycles. The first-order valence-corrected chi connectivity index (χ1v) is 9.15. The fourth-order valence-electron chi connectivity index (χ4n) is 3.45. The van der Waals surface area contributed by atoms with Gasteiger partial charge < -0.3 is 11.1 Å². The van der Waals surface area contributed by atoms with Crippen LogP contribution in [-0.2, 0) is 17.6 Å². The largest absolute Gasteiger partial charge is 0.369 e. The number of anilines is 1. The van der Waals surface area contributed by atoms with Crippen molar-refractivity contribution in [3.05, 3.63) is 69.9 Å². The van der Waals surface area contributed by atoms with Gasteiger partial charge in [-0.25, -0.2) is 15.0 Å². The summed E-state index contributed by atoms with van der Waals surface area (Å²) in [5, 5.41) is 3.01. The predicted octanol–water partition coefficient (Wildman–Crippen LogP) is 1.55. The number of aromatic nitrogens is 4. The maximum absolute atomic E-state index is 12.5. The second kappa shape index (κ2) is 7.59. The summed E-state index contributed by atoms with van der Waals surface area (Å²) in [6, 6.07) is 10.9. The van der Waals surface area contributed by atoms with E-state index in [2.05, 4.69) is 20.3 Å². The number of hydrogen-bond donors (Lipinski definition) is 3. The molecule has 0 fully saturated rings. The molecular weight excluding hydrogens is 356 g/mol. The van der Waals surface area contributed by atoms with Crippen LogP contribution >= 0.6 is 0 Å². The third-order valence-electron chi connectivity index (χ3n) is 4.70. The number of H-pyrrole nitrogens is 1. The van der Waals surface area contributed by atoms with Gasteiger partial charge in [-0.2, -0.15) is 0 Å². The minimum Gasteiger partial charge on any atom is -0.369 e. The number of nitrogens with two attached hydrogens (primary N) is 1. The van der Waals surface area contributed by atoms with E-state index in [0.717, 1.165) is 36.1 Å². The molecule has 8 nitrogen and oxygen atoms in total. The second-order valence-electron chi connectivity index (χ2n) is 6.77. The fourth-order valence-corrected chi connectivity index (χ4v) is 3.45. The van der Waals surface area contributed by atoms with Crippen LogP contribution in [0, 0.1) is 0 Å². The minimum absolute atomic E-state index is 0.000142. The normalized spacial score (nSPS) is 15.6. The van der Waals surface area contributed by atoms with Crippen molar-refractivity contribution < 1.29 is 4.79 Å². The van der Waals surface area contributed by atoms with Gasteiger partial charge >= 0.3 is 0 Å². The van der Waals surface area contributed by atoms with Crippen molar-refractivity contribution in [3.8, 4) is 11.4 Å². The van der Waals surface area contributed by atoms with Gasteiger partial charge in [0, 0.05) is 29.1 Å². The Labute approximate surface area is 161 Å². The number of aromatic amines is 1. The van der Waals surface area contributed by atoms with E-state index < -0.39 is 0 Å². The zero-order chi connectivity index (χ0) is 19.5. The van der Waals surface area contributed by atoms with Crippen LogP contribution in [-0.4, -0.2) is 25.8 Å². The van der Waals surface area contributed by atoms with Gasteiger partial charge in [0.1, 0.15) is 0 Å². The molecule has 8 heteroatoms. The summed E-state index contributed by atoms with van der Waals surface area (Å²) in [5.41, 5.74) is 8.36. The maximum Gasteiger partial charge on any atom is 0.252 e. The number of aryl methyl sites for hydroxylation is 1. The molecule has 2 aromatic heterocycles. The highest BCUT2D eigenvalue weighted by Gasteiger charge is 2.24. The van der Waals surface area contributed by atoms with E-state index in [1.165, 1.54) is 6.07 Å². The van der Waals surface area contributed by atoms with E-state index in [9.17, 15) is 9.59 Å². The Hall–Kier alpha value is -3.55. The Kier molecular flexibility index (Phi) is 4.84. The van der Waals surface area contributed by atoms with E-state index >= 15 is 0 Å². The van der Waals surface area contributed by atoms with E-state index in [1.54, 1.807) is 6.20 Å². The molecule has 0 unspecified atom stereocenters. The van der Waals surface area contributed by atoms with Gasteiger partial charge in [0.2, 0.25) is 11.9 Å². The van der Waals surface area contributed by atoms with Crippen molar-refractivity contribution in [3.63, 3.8) is 0 Å². The molecule has 142 valence electrons. The molecule has 1 aliphatic carbocycles. The summed E-state index contributed by atoms with van der Waals surface area (Å²) in [5.74, 6) is 0.470. The Morgan fingerprint density at radius 2 is 2.07 bits per heavy atom. The van der Waals surface area contributed by atoms with Crippen LogP contribution in [0.3, 0.4) is 0 Å². The monoisotopic (exact) mass is 376 g/mol. The quantitative estimate of drug-likeness (QED) is 0.634. The molecule has 28 heavy (non-hydrogen) atoms. The number of nitrogens with one attached hydrogen (secondary N) is 2. The zero-order valence-electron chi connectivity index (χ0n) is 15.2. The molecule has 1 aliphatic rings. The molecule has 4 N–H and O–H groups in total. The smallest absolute Gasteiger partial charge is 0.252 e. The molecule has 0 bridgehead atoms. The molecule has 0 radical (unpaired) electrons. The highest BCUT2D eigenvalue weighted by atomic mass is 16.1. The first-order chi connectivity index (χ1) is 13.6. The average Bonchev–Trinajstić information content (AvgIpc) is 2.67. The SMILES string of the molecule is Nc1nc(CC(=O)N[C@H]2CCCc3nc(-c4ccccc4)ncc32)cc(=O)[nH]1. The lowest BCUT2D eigenvalue weighted by molar-refractivity contribution is -0.121. The van der Waals surface area contributed by atoms with Gasteiger partial charge in [-0.3, -0.25) is 14.6 Å². The number of carbonyl (C=O) groups is 1. The molecule has 0 saturated heterocycles. The van der Waals surface area contributed by atoms with E-state index in [4.69, 9.17) is 10.7 Å². The number of nitrogen functional groups attached to an aromatic ring is 1.